The number of carbonyl (C=O) groups is 2. The molecule has 0 saturated heterocycles. The maximum absolute atomic E-state index is 12.0. The minimum absolute atomic E-state index is 0.161. The highest BCUT2D eigenvalue weighted by molar-refractivity contribution is 6.31. The lowest BCUT2D eigenvalue weighted by atomic mass is 10.0. The molecule has 0 bridgehead atoms. The molecule has 21 heavy (non-hydrogen) atoms. The Morgan fingerprint density at radius 3 is 2.71 bits per heavy atom. The summed E-state index contributed by atoms with van der Waals surface area (Å²) in [6, 6.07) is 5.10. The van der Waals surface area contributed by atoms with E-state index < -0.39 is 0 Å². The zero-order valence-corrected chi connectivity index (χ0v) is 12.8. The minimum Gasteiger partial charge on any atom is -0.462 e. The Hall–Kier alpha value is -2.30. The van der Waals surface area contributed by atoms with Crippen LogP contribution in [0, 0.1) is 5.92 Å². The van der Waals surface area contributed by atoms with Gasteiger partial charge in [-0.3, -0.25) is 4.79 Å². The van der Waals surface area contributed by atoms with E-state index in [9.17, 15) is 9.59 Å². The quantitative estimate of drug-likeness (QED) is 0.682. The topological polar surface area (TPSA) is 58.6 Å². The first-order valence-corrected chi connectivity index (χ1v) is 6.89. The highest BCUT2D eigenvalue weighted by atomic mass is 16.5. The summed E-state index contributed by atoms with van der Waals surface area (Å²) < 4.78 is 5.22. The molecular weight excluding hydrogens is 268 g/mol. The molecule has 0 aromatic heterocycles. The number of nitrogens with one attached hydrogen (secondary N) is 1. The molecule has 0 fully saturated rings. The van der Waals surface area contributed by atoms with E-state index in [0.717, 1.165) is 5.56 Å². The molecule has 1 amide bonds. The summed E-state index contributed by atoms with van der Waals surface area (Å²) in [6.45, 7) is 4.35. The van der Waals surface area contributed by atoms with E-state index in [4.69, 9.17) is 4.74 Å². The van der Waals surface area contributed by atoms with Gasteiger partial charge in [0.2, 0.25) is 0 Å². The summed E-state index contributed by atoms with van der Waals surface area (Å²) in [5.41, 5.74) is 2.45. The van der Waals surface area contributed by atoms with Crippen LogP contribution in [-0.4, -0.2) is 37.5 Å². The first-order valence-electron chi connectivity index (χ1n) is 6.89. The lowest BCUT2D eigenvalue weighted by Gasteiger charge is -2.09. The number of hydrogen-bond donors (Lipinski definition) is 1. The number of amides is 1. The number of ether oxygens (including phenoxy) is 1. The molecule has 1 aromatic rings. The van der Waals surface area contributed by atoms with Gasteiger partial charge in [0.15, 0.2) is 0 Å². The van der Waals surface area contributed by atoms with Crippen molar-refractivity contribution in [3.63, 3.8) is 0 Å². The number of carbonyl (C=O) groups excluding carboxylic acids is 2. The second-order valence-corrected chi connectivity index (χ2v) is 5.71. The molecule has 5 heteroatoms. The minimum atomic E-state index is -0.366. The molecular formula is C16H20N2O3. The van der Waals surface area contributed by atoms with Gasteiger partial charge in [0.25, 0.3) is 5.91 Å². The first-order chi connectivity index (χ1) is 9.88. The number of hydrogen-bond acceptors (Lipinski definition) is 4. The predicted molar refractivity (Wildman–Crippen MR) is 81.9 cm³/mol. The molecule has 1 aromatic carbocycles. The predicted octanol–water partition coefficient (Wildman–Crippen LogP) is 2.35. The van der Waals surface area contributed by atoms with Gasteiger partial charge in [-0.05, 0) is 24.1 Å². The lowest BCUT2D eigenvalue weighted by molar-refractivity contribution is -0.110. The fraction of sp³-hybridized carbons (Fsp3) is 0.375. The van der Waals surface area contributed by atoms with Crippen LogP contribution in [0.2, 0.25) is 0 Å². The molecule has 0 atom stereocenters. The summed E-state index contributed by atoms with van der Waals surface area (Å²) in [7, 11) is 3.69. The molecule has 1 aliphatic heterocycles. The van der Waals surface area contributed by atoms with E-state index in [1.165, 1.54) is 0 Å². The third-order valence-corrected chi connectivity index (χ3v) is 2.97. The van der Waals surface area contributed by atoms with Crippen LogP contribution in [0.25, 0.3) is 5.57 Å². The van der Waals surface area contributed by atoms with E-state index in [1.54, 1.807) is 29.3 Å². The molecule has 0 unspecified atom stereocenters. The average Bonchev–Trinajstić information content (AvgIpc) is 2.71. The molecule has 5 nitrogen and oxygen atoms in total. The van der Waals surface area contributed by atoms with Crippen molar-refractivity contribution < 1.29 is 14.3 Å². The van der Waals surface area contributed by atoms with Crippen molar-refractivity contribution in [3.05, 3.63) is 35.5 Å². The fourth-order valence-electron chi connectivity index (χ4n) is 2.03. The average molecular weight is 288 g/mol. The largest absolute Gasteiger partial charge is 0.462 e. The zero-order valence-electron chi connectivity index (χ0n) is 12.8. The molecule has 0 saturated carbocycles. The van der Waals surface area contributed by atoms with Crippen LogP contribution in [0.4, 0.5) is 5.69 Å². The normalized spacial score (nSPS) is 15.1. The monoisotopic (exact) mass is 288 g/mol. The van der Waals surface area contributed by atoms with Crippen molar-refractivity contribution in [2.75, 3.05) is 26.0 Å². The van der Waals surface area contributed by atoms with E-state index in [2.05, 4.69) is 5.32 Å². The molecule has 1 aliphatic rings. The number of rotatable bonds is 4. The van der Waals surface area contributed by atoms with Crippen LogP contribution in [0.15, 0.2) is 24.4 Å². The van der Waals surface area contributed by atoms with Crippen molar-refractivity contribution in [1.29, 1.82) is 0 Å². The molecule has 0 aliphatic carbocycles. The standard InChI is InChI=1S/C16H20N2O3/c1-10(2)9-21-16(20)11-5-6-14-12(7-11)13(8-18(3)4)15(19)17-14/h5-8,10H,9H2,1-4H3,(H,17,19). The number of benzene rings is 1. The van der Waals surface area contributed by atoms with Crippen molar-refractivity contribution in [2.45, 2.75) is 13.8 Å². The third kappa shape index (κ3) is 3.42. The van der Waals surface area contributed by atoms with Gasteiger partial charge in [-0.15, -0.1) is 0 Å². The highest BCUT2D eigenvalue weighted by Gasteiger charge is 2.25. The highest BCUT2D eigenvalue weighted by Crippen LogP contribution is 2.32. The SMILES string of the molecule is CC(C)COC(=O)c1ccc2c(c1)C(=CN(C)C)C(=O)N2. The Balaban J connectivity index is 2.29. The summed E-state index contributed by atoms with van der Waals surface area (Å²) in [5, 5.41) is 2.78. The zero-order chi connectivity index (χ0) is 15.6. The van der Waals surface area contributed by atoms with E-state index >= 15 is 0 Å². The van der Waals surface area contributed by atoms with Crippen LogP contribution < -0.4 is 5.32 Å². The fourth-order valence-corrected chi connectivity index (χ4v) is 2.03. The first kappa shape index (κ1) is 15.1. The van der Waals surface area contributed by atoms with Crippen molar-refractivity contribution >= 4 is 23.1 Å². The van der Waals surface area contributed by atoms with Crippen LogP contribution in [0.3, 0.4) is 0 Å². The molecule has 1 heterocycles. The third-order valence-electron chi connectivity index (χ3n) is 2.97. The van der Waals surface area contributed by atoms with Gasteiger partial charge in [0.1, 0.15) is 0 Å². The Bertz CT molecular complexity index is 604. The molecule has 0 radical (unpaired) electrons. The molecule has 1 N–H and O–H groups in total. The van der Waals surface area contributed by atoms with E-state index in [-0.39, 0.29) is 17.8 Å². The van der Waals surface area contributed by atoms with Gasteiger partial charge in [-0.2, -0.15) is 0 Å². The maximum atomic E-state index is 12.0. The van der Waals surface area contributed by atoms with Crippen LogP contribution in [-0.2, 0) is 9.53 Å². The summed E-state index contributed by atoms with van der Waals surface area (Å²) in [5.74, 6) is -0.239. The van der Waals surface area contributed by atoms with Gasteiger partial charge in [0.05, 0.1) is 17.7 Å². The van der Waals surface area contributed by atoms with Crippen LogP contribution >= 0.6 is 0 Å². The smallest absolute Gasteiger partial charge is 0.338 e. The molecule has 2 rings (SSSR count). The number of anilines is 1. The van der Waals surface area contributed by atoms with Gasteiger partial charge in [-0.1, -0.05) is 13.8 Å². The van der Waals surface area contributed by atoms with Gasteiger partial charge < -0.3 is 15.0 Å². The van der Waals surface area contributed by atoms with Crippen LogP contribution in [0.1, 0.15) is 29.8 Å². The Morgan fingerprint density at radius 2 is 2.10 bits per heavy atom. The number of esters is 1. The van der Waals surface area contributed by atoms with Crippen LogP contribution in [0.5, 0.6) is 0 Å². The Kier molecular flexibility index (Phi) is 4.31. The van der Waals surface area contributed by atoms with Crippen molar-refractivity contribution in [1.82, 2.24) is 4.90 Å². The summed E-state index contributed by atoms with van der Waals surface area (Å²) >= 11 is 0. The van der Waals surface area contributed by atoms with Gasteiger partial charge in [-0.25, -0.2) is 4.79 Å². The van der Waals surface area contributed by atoms with Crippen molar-refractivity contribution in [2.24, 2.45) is 5.92 Å². The van der Waals surface area contributed by atoms with Gasteiger partial charge in [0, 0.05) is 31.5 Å². The second-order valence-electron chi connectivity index (χ2n) is 5.71. The summed E-state index contributed by atoms with van der Waals surface area (Å²) in [6.07, 6.45) is 1.74. The van der Waals surface area contributed by atoms with Crippen molar-refractivity contribution in [3.8, 4) is 0 Å². The maximum Gasteiger partial charge on any atom is 0.338 e. The van der Waals surface area contributed by atoms with E-state index in [0.29, 0.717) is 23.4 Å². The number of nitrogens with zero attached hydrogens (tertiary/aromatic N) is 1. The lowest BCUT2D eigenvalue weighted by Crippen LogP contribution is -2.10. The Morgan fingerprint density at radius 1 is 1.38 bits per heavy atom. The number of fused-ring (bicyclic) bond motifs is 1. The summed E-state index contributed by atoms with van der Waals surface area (Å²) in [4.78, 5) is 25.7. The second kappa shape index (κ2) is 5.99. The van der Waals surface area contributed by atoms with Gasteiger partial charge >= 0.3 is 5.97 Å². The molecule has 112 valence electrons. The molecule has 0 spiro atoms. The van der Waals surface area contributed by atoms with E-state index in [1.807, 2.05) is 27.9 Å². The Labute approximate surface area is 124 Å².